The highest BCUT2D eigenvalue weighted by Crippen LogP contribution is 2.38. The van der Waals surface area contributed by atoms with Gasteiger partial charge in [-0.1, -0.05) is 37.1 Å². The summed E-state index contributed by atoms with van der Waals surface area (Å²) in [7, 11) is 0. The molecule has 0 aromatic heterocycles. The molecule has 1 aliphatic heterocycles. The van der Waals surface area contributed by atoms with Crippen molar-refractivity contribution in [1.29, 1.82) is 0 Å². The highest BCUT2D eigenvalue weighted by molar-refractivity contribution is 5.82. The number of hydrogen-bond acceptors (Lipinski definition) is 2. The van der Waals surface area contributed by atoms with Crippen LogP contribution in [-0.4, -0.2) is 33.7 Å². The number of nitrogens with zero attached hydrogens (tertiary/aromatic N) is 2. The molecule has 1 aromatic rings. The maximum Gasteiger partial charge on any atom is 0.225 e. The van der Waals surface area contributed by atoms with E-state index in [0.717, 1.165) is 36.8 Å². The van der Waals surface area contributed by atoms with E-state index in [9.17, 15) is 9.59 Å². The summed E-state index contributed by atoms with van der Waals surface area (Å²) in [5.41, 5.74) is 2.19. The van der Waals surface area contributed by atoms with Crippen LogP contribution in [0.25, 0.3) is 6.08 Å². The van der Waals surface area contributed by atoms with Crippen LogP contribution in [0.5, 0.6) is 0 Å². The SMILES string of the molecule is CC(=O)N1C=Cc2ccccc2C1CC(=O)N(C1CCCC1)C1CC1. The van der Waals surface area contributed by atoms with E-state index in [2.05, 4.69) is 11.0 Å². The zero-order valence-electron chi connectivity index (χ0n) is 14.9. The van der Waals surface area contributed by atoms with Crippen molar-refractivity contribution in [3.05, 3.63) is 41.6 Å². The summed E-state index contributed by atoms with van der Waals surface area (Å²) >= 11 is 0. The van der Waals surface area contributed by atoms with Crippen molar-refractivity contribution in [2.75, 3.05) is 0 Å². The summed E-state index contributed by atoms with van der Waals surface area (Å²) in [5.74, 6) is 0.207. The second-order valence-corrected chi connectivity index (χ2v) is 7.56. The van der Waals surface area contributed by atoms with Crippen LogP contribution in [0.1, 0.15) is 69.0 Å². The maximum atomic E-state index is 13.2. The van der Waals surface area contributed by atoms with Crippen LogP contribution in [0.15, 0.2) is 30.5 Å². The van der Waals surface area contributed by atoms with Gasteiger partial charge in [0.2, 0.25) is 11.8 Å². The van der Waals surface area contributed by atoms with Crippen LogP contribution in [0.3, 0.4) is 0 Å². The van der Waals surface area contributed by atoms with Gasteiger partial charge in [0.25, 0.3) is 0 Å². The molecule has 1 aromatic carbocycles. The van der Waals surface area contributed by atoms with Crippen LogP contribution >= 0.6 is 0 Å². The Bertz CT molecular complexity index is 702. The lowest BCUT2D eigenvalue weighted by atomic mass is 9.93. The molecular formula is C21H26N2O2. The average Bonchev–Trinajstić information content (AvgIpc) is 3.28. The predicted molar refractivity (Wildman–Crippen MR) is 97.5 cm³/mol. The second kappa shape index (κ2) is 6.66. The minimum atomic E-state index is -0.186. The third-order valence-corrected chi connectivity index (χ3v) is 5.78. The predicted octanol–water partition coefficient (Wildman–Crippen LogP) is 3.88. The molecule has 132 valence electrons. The quantitative estimate of drug-likeness (QED) is 0.836. The first-order valence-corrected chi connectivity index (χ1v) is 9.52. The van der Waals surface area contributed by atoms with E-state index < -0.39 is 0 Å². The van der Waals surface area contributed by atoms with Gasteiger partial charge in [0, 0.05) is 25.2 Å². The smallest absolute Gasteiger partial charge is 0.225 e. The van der Waals surface area contributed by atoms with Crippen molar-refractivity contribution in [3.8, 4) is 0 Å². The van der Waals surface area contributed by atoms with Gasteiger partial charge in [0.15, 0.2) is 0 Å². The fourth-order valence-corrected chi connectivity index (χ4v) is 4.42. The van der Waals surface area contributed by atoms with Crippen LogP contribution in [0, 0.1) is 0 Å². The van der Waals surface area contributed by atoms with E-state index in [4.69, 9.17) is 0 Å². The van der Waals surface area contributed by atoms with Gasteiger partial charge in [-0.3, -0.25) is 9.59 Å². The first kappa shape index (κ1) is 16.4. The molecule has 4 rings (SSSR count). The molecular weight excluding hydrogens is 312 g/mol. The number of benzene rings is 1. The summed E-state index contributed by atoms with van der Waals surface area (Å²) in [4.78, 5) is 29.2. The lowest BCUT2D eigenvalue weighted by Gasteiger charge is -2.35. The Morgan fingerprint density at radius 1 is 1.08 bits per heavy atom. The van der Waals surface area contributed by atoms with Crippen molar-refractivity contribution in [3.63, 3.8) is 0 Å². The largest absolute Gasteiger partial charge is 0.337 e. The molecule has 1 heterocycles. The standard InChI is InChI=1S/C21H26N2O2/c1-15(24)22-13-12-16-6-2-5-9-19(16)20(22)14-21(25)23(18-10-11-18)17-7-3-4-8-17/h2,5-6,9,12-13,17-18,20H,3-4,7-8,10-11,14H2,1H3. The highest BCUT2D eigenvalue weighted by atomic mass is 16.2. The van der Waals surface area contributed by atoms with Gasteiger partial charge in [-0.25, -0.2) is 0 Å². The first-order chi connectivity index (χ1) is 12.1. The fraction of sp³-hybridized carbons (Fsp3) is 0.524. The van der Waals surface area contributed by atoms with Crippen molar-refractivity contribution in [1.82, 2.24) is 9.80 Å². The molecule has 0 saturated heterocycles. The van der Waals surface area contributed by atoms with Gasteiger partial charge in [-0.05, 0) is 42.9 Å². The Morgan fingerprint density at radius 3 is 2.44 bits per heavy atom. The molecule has 0 spiro atoms. The monoisotopic (exact) mass is 338 g/mol. The molecule has 25 heavy (non-hydrogen) atoms. The Kier molecular flexibility index (Phi) is 4.36. The summed E-state index contributed by atoms with van der Waals surface area (Å²) in [6.45, 7) is 1.57. The van der Waals surface area contributed by atoms with Crippen molar-refractivity contribution < 1.29 is 9.59 Å². The van der Waals surface area contributed by atoms with Crippen LogP contribution < -0.4 is 0 Å². The third kappa shape index (κ3) is 3.22. The summed E-state index contributed by atoms with van der Waals surface area (Å²) in [5, 5.41) is 0. The molecule has 1 unspecified atom stereocenters. The molecule has 2 fully saturated rings. The van der Waals surface area contributed by atoms with Gasteiger partial charge in [-0.2, -0.15) is 0 Å². The second-order valence-electron chi connectivity index (χ2n) is 7.56. The van der Waals surface area contributed by atoms with E-state index in [1.807, 2.05) is 30.5 Å². The normalized spacial score (nSPS) is 22.8. The van der Waals surface area contributed by atoms with Crippen molar-refractivity contribution >= 4 is 17.9 Å². The molecule has 0 N–H and O–H groups in total. The molecule has 4 heteroatoms. The summed E-state index contributed by atoms with van der Waals surface area (Å²) < 4.78 is 0. The minimum Gasteiger partial charge on any atom is -0.337 e. The molecule has 1 atom stereocenters. The van der Waals surface area contributed by atoms with Gasteiger partial charge < -0.3 is 9.80 Å². The number of amides is 2. The van der Waals surface area contributed by atoms with E-state index in [1.165, 1.54) is 12.8 Å². The molecule has 2 aliphatic carbocycles. The summed E-state index contributed by atoms with van der Waals surface area (Å²) in [6, 6.07) is 8.76. The third-order valence-electron chi connectivity index (χ3n) is 5.78. The van der Waals surface area contributed by atoms with Crippen molar-refractivity contribution in [2.45, 2.75) is 70.0 Å². The molecule has 0 radical (unpaired) electrons. The molecule has 0 bridgehead atoms. The first-order valence-electron chi connectivity index (χ1n) is 9.52. The topological polar surface area (TPSA) is 40.6 Å². The highest BCUT2D eigenvalue weighted by Gasteiger charge is 2.40. The summed E-state index contributed by atoms with van der Waals surface area (Å²) in [6.07, 6.45) is 11.2. The van der Waals surface area contributed by atoms with E-state index in [1.54, 1.807) is 11.8 Å². The van der Waals surface area contributed by atoms with Crippen LogP contribution in [0.2, 0.25) is 0 Å². The number of carbonyl (C=O) groups is 2. The van der Waals surface area contributed by atoms with Gasteiger partial charge in [-0.15, -0.1) is 0 Å². The Labute approximate surface area is 149 Å². The van der Waals surface area contributed by atoms with Crippen LogP contribution in [0.4, 0.5) is 0 Å². The van der Waals surface area contributed by atoms with Crippen molar-refractivity contribution in [2.24, 2.45) is 0 Å². The molecule has 2 amide bonds. The minimum absolute atomic E-state index is 0.0117. The van der Waals surface area contributed by atoms with Gasteiger partial charge >= 0.3 is 0 Å². The Hall–Kier alpha value is -2.10. The fourth-order valence-electron chi connectivity index (χ4n) is 4.42. The molecule has 3 aliphatic rings. The van der Waals surface area contributed by atoms with Gasteiger partial charge in [0.05, 0.1) is 12.5 Å². The Morgan fingerprint density at radius 2 is 1.76 bits per heavy atom. The molecule has 4 nitrogen and oxygen atoms in total. The zero-order valence-corrected chi connectivity index (χ0v) is 14.9. The van der Waals surface area contributed by atoms with E-state index in [-0.39, 0.29) is 17.9 Å². The average molecular weight is 338 g/mol. The lowest BCUT2D eigenvalue weighted by Crippen LogP contribution is -2.43. The number of hydrogen-bond donors (Lipinski definition) is 0. The van der Waals surface area contributed by atoms with E-state index >= 15 is 0 Å². The van der Waals surface area contributed by atoms with Gasteiger partial charge in [0.1, 0.15) is 0 Å². The van der Waals surface area contributed by atoms with E-state index in [0.29, 0.717) is 18.5 Å². The zero-order chi connectivity index (χ0) is 17.4. The number of fused-ring (bicyclic) bond motifs is 1. The Balaban J connectivity index is 1.59. The lowest BCUT2D eigenvalue weighted by molar-refractivity contribution is -0.137. The van der Waals surface area contributed by atoms with Crippen LogP contribution in [-0.2, 0) is 9.59 Å². The molecule has 2 saturated carbocycles. The maximum absolute atomic E-state index is 13.2. The number of rotatable bonds is 4. The number of carbonyl (C=O) groups excluding carboxylic acids is 2.